The molecule has 0 saturated carbocycles. The van der Waals surface area contributed by atoms with Gasteiger partial charge in [0.25, 0.3) is 0 Å². The average Bonchev–Trinajstić information content (AvgIpc) is 3.18. The van der Waals surface area contributed by atoms with Crippen LogP contribution in [-0.2, 0) is 4.74 Å². The van der Waals surface area contributed by atoms with Gasteiger partial charge in [-0.2, -0.15) is 0 Å². The number of hydrogen-bond acceptors (Lipinski definition) is 4. The van der Waals surface area contributed by atoms with E-state index >= 15 is 0 Å². The quantitative estimate of drug-likeness (QED) is 0.421. The summed E-state index contributed by atoms with van der Waals surface area (Å²) >= 11 is 6.95. The molecule has 3 rings (SSSR count). The summed E-state index contributed by atoms with van der Waals surface area (Å²) in [4.78, 5) is 25.0. The molecule has 0 saturated heterocycles. The van der Waals surface area contributed by atoms with Crippen molar-refractivity contribution in [3.63, 3.8) is 0 Å². The zero-order chi connectivity index (χ0) is 19.7. The van der Waals surface area contributed by atoms with Crippen LogP contribution in [0.2, 0.25) is 4.34 Å². The molecular weight excluding hydrogens is 382 g/mol. The molecule has 0 aliphatic carbocycles. The van der Waals surface area contributed by atoms with E-state index in [1.165, 1.54) is 11.1 Å². The van der Waals surface area contributed by atoms with Crippen LogP contribution in [-0.4, -0.2) is 22.9 Å². The second-order valence-corrected chi connectivity index (χ2v) is 8.21. The highest BCUT2D eigenvalue weighted by Crippen LogP contribution is 2.24. The van der Waals surface area contributed by atoms with Crippen LogP contribution in [0.25, 0.3) is 5.69 Å². The lowest BCUT2D eigenvalue weighted by molar-refractivity contribution is 0.0479. The highest BCUT2D eigenvalue weighted by molar-refractivity contribution is 7.17. The van der Waals surface area contributed by atoms with Crippen LogP contribution in [0.3, 0.4) is 0 Å². The summed E-state index contributed by atoms with van der Waals surface area (Å²) in [6.07, 6.45) is 0. The van der Waals surface area contributed by atoms with Crippen molar-refractivity contribution < 1.29 is 14.3 Å². The number of carbonyl (C=O) groups excluding carboxylic acids is 2. The van der Waals surface area contributed by atoms with Crippen molar-refractivity contribution >= 4 is 34.7 Å². The number of esters is 1. The Kier molecular flexibility index (Phi) is 5.53. The van der Waals surface area contributed by atoms with E-state index in [9.17, 15) is 9.59 Å². The Morgan fingerprint density at radius 3 is 2.41 bits per heavy atom. The molecule has 0 unspecified atom stereocenters. The van der Waals surface area contributed by atoms with Gasteiger partial charge in [-0.05, 0) is 69.2 Å². The zero-order valence-corrected chi connectivity index (χ0v) is 17.2. The number of aromatic nitrogens is 1. The largest absolute Gasteiger partial charge is 0.453 e. The number of ether oxygens (including phenoxy) is 1. The van der Waals surface area contributed by atoms with Crippen LogP contribution < -0.4 is 0 Å². The number of nitrogens with zero attached hydrogens (tertiary/aromatic N) is 1. The summed E-state index contributed by atoms with van der Waals surface area (Å²) < 4.78 is 7.70. The van der Waals surface area contributed by atoms with Crippen molar-refractivity contribution in [2.75, 3.05) is 6.61 Å². The number of ketones is 1. The summed E-state index contributed by atoms with van der Waals surface area (Å²) in [6, 6.07) is 11.3. The van der Waals surface area contributed by atoms with E-state index in [4.69, 9.17) is 16.3 Å². The van der Waals surface area contributed by atoms with Crippen molar-refractivity contribution in [1.82, 2.24) is 4.57 Å². The first-order valence-electron chi connectivity index (χ1n) is 8.50. The minimum atomic E-state index is -0.539. The van der Waals surface area contributed by atoms with Crippen LogP contribution >= 0.6 is 22.9 Å². The lowest BCUT2D eigenvalue weighted by Gasteiger charge is -2.12. The van der Waals surface area contributed by atoms with Gasteiger partial charge in [0.05, 0.1) is 4.34 Å². The van der Waals surface area contributed by atoms with Gasteiger partial charge in [-0.15, -0.1) is 11.3 Å². The van der Waals surface area contributed by atoms with Crippen molar-refractivity contribution in [3.8, 4) is 5.69 Å². The predicted molar refractivity (Wildman–Crippen MR) is 109 cm³/mol. The highest BCUT2D eigenvalue weighted by atomic mass is 35.5. The molecule has 0 N–H and O–H groups in total. The lowest BCUT2D eigenvalue weighted by atomic mass is 10.1. The first-order chi connectivity index (χ1) is 12.8. The summed E-state index contributed by atoms with van der Waals surface area (Å²) in [6.45, 7) is 7.69. The van der Waals surface area contributed by atoms with Crippen LogP contribution in [0.4, 0.5) is 0 Å². The number of halogens is 1. The van der Waals surface area contributed by atoms with Gasteiger partial charge in [0.15, 0.2) is 6.61 Å². The number of Topliss-reactive ketones (excluding diaryl/α,β-unsaturated/α-hetero) is 1. The number of rotatable bonds is 5. The predicted octanol–water partition coefficient (Wildman–Crippen LogP) is 5.47. The van der Waals surface area contributed by atoms with Crippen molar-refractivity contribution in [2.45, 2.75) is 27.7 Å². The zero-order valence-electron chi connectivity index (χ0n) is 15.6. The molecule has 2 heterocycles. The molecule has 0 bridgehead atoms. The molecule has 0 fully saturated rings. The van der Waals surface area contributed by atoms with Gasteiger partial charge >= 0.3 is 5.97 Å². The molecule has 0 atom stereocenters. The Hall–Kier alpha value is -2.37. The molecule has 2 aromatic heterocycles. The first-order valence-corrected chi connectivity index (χ1v) is 9.69. The molecule has 0 radical (unpaired) electrons. The fraction of sp³-hybridized carbons (Fsp3) is 0.238. The molecule has 0 spiro atoms. The lowest BCUT2D eigenvalue weighted by Crippen LogP contribution is -2.14. The Balaban J connectivity index is 1.80. The monoisotopic (exact) mass is 401 g/mol. The fourth-order valence-corrected chi connectivity index (χ4v) is 3.95. The van der Waals surface area contributed by atoms with Crippen LogP contribution in [0.5, 0.6) is 0 Å². The topological polar surface area (TPSA) is 48.3 Å². The maximum absolute atomic E-state index is 12.6. The third-order valence-corrected chi connectivity index (χ3v) is 5.80. The Morgan fingerprint density at radius 2 is 1.78 bits per heavy atom. The van der Waals surface area contributed by atoms with E-state index in [0.29, 0.717) is 14.8 Å². The second-order valence-electron chi connectivity index (χ2n) is 6.49. The van der Waals surface area contributed by atoms with Crippen molar-refractivity contribution in [2.24, 2.45) is 0 Å². The van der Waals surface area contributed by atoms with E-state index < -0.39 is 5.97 Å². The van der Waals surface area contributed by atoms with Gasteiger partial charge in [0, 0.05) is 22.6 Å². The smallest absolute Gasteiger partial charge is 0.348 e. The van der Waals surface area contributed by atoms with E-state index in [1.807, 2.05) is 30.5 Å². The maximum Gasteiger partial charge on any atom is 0.348 e. The van der Waals surface area contributed by atoms with Gasteiger partial charge in [0.1, 0.15) is 4.88 Å². The third kappa shape index (κ3) is 3.99. The molecule has 140 valence electrons. The molecule has 3 aromatic rings. The minimum Gasteiger partial charge on any atom is -0.453 e. The average molecular weight is 402 g/mol. The normalized spacial score (nSPS) is 10.9. The summed E-state index contributed by atoms with van der Waals surface area (Å²) in [7, 11) is 0. The third-order valence-electron chi connectivity index (χ3n) is 4.59. The second kappa shape index (κ2) is 7.71. The number of hydrogen-bond donors (Lipinski definition) is 0. The van der Waals surface area contributed by atoms with Crippen LogP contribution in [0.15, 0.2) is 36.4 Å². The Bertz CT molecular complexity index is 1030. The molecule has 0 aliphatic heterocycles. The van der Waals surface area contributed by atoms with Crippen molar-refractivity contribution in [1.29, 1.82) is 0 Å². The van der Waals surface area contributed by atoms with Crippen LogP contribution in [0.1, 0.15) is 42.5 Å². The SMILES string of the molecule is Cc1ccc(-n2c(C)cc(C(=O)COC(=O)c3ccc(Cl)s3)c2C)cc1C. The van der Waals surface area contributed by atoms with E-state index in [1.54, 1.807) is 12.1 Å². The Morgan fingerprint density at radius 1 is 1.04 bits per heavy atom. The van der Waals surface area contributed by atoms with Gasteiger partial charge < -0.3 is 9.30 Å². The van der Waals surface area contributed by atoms with E-state index in [-0.39, 0.29) is 12.4 Å². The van der Waals surface area contributed by atoms with E-state index in [2.05, 4.69) is 26.0 Å². The molecule has 0 aliphatic rings. The molecular formula is C21H20ClNO3S. The summed E-state index contributed by atoms with van der Waals surface area (Å²) in [5, 5.41) is 0. The fourth-order valence-electron chi connectivity index (χ4n) is 3.01. The number of aryl methyl sites for hydroxylation is 3. The van der Waals surface area contributed by atoms with Crippen molar-refractivity contribution in [3.05, 3.63) is 73.7 Å². The molecule has 27 heavy (non-hydrogen) atoms. The van der Waals surface area contributed by atoms with Gasteiger partial charge in [0.2, 0.25) is 5.78 Å². The Labute approximate surface area is 167 Å². The minimum absolute atomic E-state index is 0.228. The van der Waals surface area contributed by atoms with Crippen LogP contribution in [0, 0.1) is 27.7 Å². The number of carbonyl (C=O) groups is 2. The maximum atomic E-state index is 12.6. The molecule has 1 aromatic carbocycles. The summed E-state index contributed by atoms with van der Waals surface area (Å²) in [5.41, 5.74) is 5.76. The molecule has 0 amide bonds. The van der Waals surface area contributed by atoms with Gasteiger partial charge in [-0.25, -0.2) is 4.79 Å². The number of benzene rings is 1. The number of thiophene rings is 1. The molecule has 4 nitrogen and oxygen atoms in total. The van der Waals surface area contributed by atoms with Gasteiger partial charge in [-0.1, -0.05) is 17.7 Å². The summed E-state index contributed by atoms with van der Waals surface area (Å²) in [5.74, 6) is -0.766. The highest BCUT2D eigenvalue weighted by Gasteiger charge is 2.19. The standard InChI is InChI=1S/C21H20ClNO3S/c1-12-5-6-16(9-13(12)2)23-14(3)10-17(15(23)4)18(24)11-26-21(25)19-7-8-20(22)27-19/h5-10H,11H2,1-4H3. The van der Waals surface area contributed by atoms with E-state index in [0.717, 1.165) is 28.4 Å². The van der Waals surface area contributed by atoms with Gasteiger partial charge in [-0.3, -0.25) is 4.79 Å². The first kappa shape index (κ1) is 19.4. The molecule has 6 heteroatoms.